The van der Waals surface area contributed by atoms with Gasteiger partial charge in [0.05, 0.1) is 0 Å². The zero-order chi connectivity index (χ0) is 4.99. The third-order valence-corrected chi connectivity index (χ3v) is 0.494. The van der Waals surface area contributed by atoms with E-state index in [4.69, 9.17) is 0 Å². The SMILES string of the molecule is [CH2-][OH+]CC(C)C. The van der Waals surface area contributed by atoms with E-state index < -0.39 is 0 Å². The molecule has 0 aliphatic rings. The van der Waals surface area contributed by atoms with Gasteiger partial charge in [-0.15, -0.1) is 0 Å². The van der Waals surface area contributed by atoms with Gasteiger partial charge < -0.3 is 4.74 Å². The van der Waals surface area contributed by atoms with E-state index in [0.29, 0.717) is 5.92 Å². The maximum absolute atomic E-state index is 3.69. The summed E-state index contributed by atoms with van der Waals surface area (Å²) in [5.74, 6) is 0.669. The number of rotatable bonds is 2. The van der Waals surface area contributed by atoms with E-state index in [-0.39, 0.29) is 0 Å². The maximum atomic E-state index is 3.69. The van der Waals surface area contributed by atoms with Crippen molar-refractivity contribution in [2.45, 2.75) is 13.8 Å². The molecular weight excluding hydrogens is 76.1 g/mol. The molecule has 0 aromatic heterocycles. The van der Waals surface area contributed by atoms with Crippen LogP contribution in [0.3, 0.4) is 0 Å². The van der Waals surface area contributed by atoms with Crippen molar-refractivity contribution in [2.75, 3.05) is 6.61 Å². The molecule has 1 nitrogen and oxygen atoms in total. The van der Waals surface area contributed by atoms with Crippen LogP contribution in [0.4, 0.5) is 0 Å². The van der Waals surface area contributed by atoms with Crippen LogP contribution < -0.4 is 0 Å². The van der Waals surface area contributed by atoms with Crippen LogP contribution in [0.1, 0.15) is 13.8 Å². The minimum atomic E-state index is 0.669. The van der Waals surface area contributed by atoms with Gasteiger partial charge in [-0.3, -0.25) is 0 Å². The molecule has 6 heavy (non-hydrogen) atoms. The zero-order valence-corrected chi connectivity index (χ0v) is 4.44. The first-order chi connectivity index (χ1) is 2.77. The average Bonchev–Trinajstić information content (AvgIpc) is 1.35. The molecule has 0 aromatic carbocycles. The Hall–Kier alpha value is -0.0400. The molecule has 0 heterocycles. The highest BCUT2D eigenvalue weighted by atomic mass is 16.5. The van der Waals surface area contributed by atoms with Crippen molar-refractivity contribution in [3.63, 3.8) is 0 Å². The second kappa shape index (κ2) is 3.16. The Morgan fingerprint density at radius 3 is 2.17 bits per heavy atom. The smallest absolute Gasteiger partial charge is 0.121 e. The van der Waals surface area contributed by atoms with Gasteiger partial charge in [0.1, 0.15) is 6.61 Å². The van der Waals surface area contributed by atoms with E-state index in [9.17, 15) is 0 Å². The van der Waals surface area contributed by atoms with Gasteiger partial charge in [0.15, 0.2) is 0 Å². The molecule has 0 atom stereocenters. The van der Waals surface area contributed by atoms with Gasteiger partial charge in [0, 0.05) is 5.92 Å². The van der Waals surface area contributed by atoms with E-state index in [2.05, 4.69) is 25.7 Å². The van der Waals surface area contributed by atoms with Crippen molar-refractivity contribution < 1.29 is 4.74 Å². The van der Waals surface area contributed by atoms with Crippen LogP contribution in [-0.2, 0) is 0 Å². The highest BCUT2D eigenvalue weighted by Gasteiger charge is 1.87. The fourth-order valence-corrected chi connectivity index (χ4v) is 0.258. The monoisotopic (exact) mass is 88.1 g/mol. The Kier molecular flexibility index (Phi) is 3.14. The molecule has 1 heteroatoms. The Labute approximate surface area is 39.3 Å². The fourth-order valence-electron chi connectivity index (χ4n) is 0.258. The van der Waals surface area contributed by atoms with Gasteiger partial charge in [-0.2, -0.15) is 0 Å². The van der Waals surface area contributed by atoms with Gasteiger partial charge in [-0.25, -0.2) is 0 Å². The lowest BCUT2D eigenvalue weighted by Crippen LogP contribution is -1.98. The molecule has 0 bridgehead atoms. The molecule has 0 rings (SSSR count). The topological polar surface area (TPSA) is 12.8 Å². The molecule has 0 aliphatic carbocycles. The van der Waals surface area contributed by atoms with E-state index in [1.54, 1.807) is 0 Å². The molecule has 0 unspecified atom stereocenters. The first-order valence-electron chi connectivity index (χ1n) is 2.20. The highest BCUT2D eigenvalue weighted by molar-refractivity contribution is 4.35. The Morgan fingerprint density at radius 2 is 2.17 bits per heavy atom. The van der Waals surface area contributed by atoms with Gasteiger partial charge in [-0.05, 0) is 0 Å². The molecule has 0 spiro atoms. The molecular formula is C5H12O. The summed E-state index contributed by atoms with van der Waals surface area (Å²) in [6.45, 7) is 5.13. The molecule has 0 saturated heterocycles. The lowest BCUT2D eigenvalue weighted by molar-refractivity contribution is 0.0342. The van der Waals surface area contributed by atoms with Crippen LogP contribution in [0.2, 0.25) is 0 Å². The molecule has 0 saturated carbocycles. The normalized spacial score (nSPS) is 10.0. The summed E-state index contributed by atoms with van der Waals surface area (Å²) in [6, 6.07) is 0. The predicted octanol–water partition coefficient (Wildman–Crippen LogP) is 0.962. The van der Waals surface area contributed by atoms with Crippen LogP contribution in [-0.4, -0.2) is 11.3 Å². The van der Waals surface area contributed by atoms with Gasteiger partial charge in [0.25, 0.3) is 0 Å². The van der Waals surface area contributed by atoms with Crippen LogP contribution in [0.25, 0.3) is 0 Å². The molecule has 0 amide bonds. The minimum Gasteiger partial charge on any atom is -0.581 e. The Balaban J connectivity index is 2.63. The van der Waals surface area contributed by atoms with Crippen LogP contribution >= 0.6 is 0 Å². The molecule has 0 aromatic rings. The summed E-state index contributed by atoms with van der Waals surface area (Å²) >= 11 is 0. The van der Waals surface area contributed by atoms with E-state index >= 15 is 0 Å². The largest absolute Gasteiger partial charge is 0.581 e. The first kappa shape index (κ1) is 5.96. The fraction of sp³-hybridized carbons (Fsp3) is 0.800. The number of aliphatic hydroxyl groups is 2. The highest BCUT2D eigenvalue weighted by Crippen LogP contribution is 1.86. The van der Waals surface area contributed by atoms with Crippen molar-refractivity contribution >= 4 is 0 Å². The molecule has 38 valence electrons. The summed E-state index contributed by atoms with van der Waals surface area (Å²) in [6.07, 6.45) is 0. The Bertz CT molecular complexity index is 25.1. The first-order valence-corrected chi connectivity index (χ1v) is 2.20. The molecule has 1 N–H and O–H groups in total. The van der Waals surface area contributed by atoms with Gasteiger partial charge in [0.2, 0.25) is 0 Å². The lowest BCUT2D eigenvalue weighted by atomic mass is 10.2. The van der Waals surface area contributed by atoms with Crippen molar-refractivity contribution in [3.05, 3.63) is 7.11 Å². The quantitative estimate of drug-likeness (QED) is 0.352. The van der Waals surface area contributed by atoms with Crippen molar-refractivity contribution in [3.8, 4) is 0 Å². The minimum absolute atomic E-state index is 0.669. The number of hydrogen-bond acceptors (Lipinski definition) is 0. The Morgan fingerprint density at radius 1 is 1.67 bits per heavy atom. The summed E-state index contributed by atoms with van der Waals surface area (Å²) in [5, 5.41) is 0. The standard InChI is InChI=1S/C5H12O/c1-5(2)4-6-3/h5-6H,3-4H2,1-2H3. The second-order valence-electron chi connectivity index (χ2n) is 1.80. The molecule has 0 fully saturated rings. The van der Waals surface area contributed by atoms with Gasteiger partial charge >= 0.3 is 0 Å². The van der Waals surface area contributed by atoms with Crippen molar-refractivity contribution in [1.82, 2.24) is 0 Å². The predicted molar refractivity (Wildman–Crippen MR) is 27.3 cm³/mol. The summed E-state index contributed by atoms with van der Waals surface area (Å²) in [4.78, 5) is 0. The second-order valence-corrected chi connectivity index (χ2v) is 1.80. The molecule has 0 aliphatic heterocycles. The van der Waals surface area contributed by atoms with E-state index in [1.165, 1.54) is 0 Å². The summed E-state index contributed by atoms with van der Waals surface area (Å²) < 4.78 is 3.69. The van der Waals surface area contributed by atoms with Gasteiger partial charge in [-0.1, -0.05) is 21.0 Å². The van der Waals surface area contributed by atoms with Crippen molar-refractivity contribution in [1.29, 1.82) is 0 Å². The zero-order valence-electron chi connectivity index (χ0n) is 4.44. The van der Waals surface area contributed by atoms with Crippen molar-refractivity contribution in [2.24, 2.45) is 5.92 Å². The average molecular weight is 88.2 g/mol. The number of ether oxygens (including phenoxy) is 1. The van der Waals surface area contributed by atoms with E-state index in [0.717, 1.165) is 6.61 Å². The van der Waals surface area contributed by atoms with Crippen LogP contribution in [0.15, 0.2) is 0 Å². The van der Waals surface area contributed by atoms with Crippen LogP contribution in [0.5, 0.6) is 0 Å². The number of hydrogen-bond donors (Lipinski definition) is 0. The third-order valence-electron chi connectivity index (χ3n) is 0.494. The lowest BCUT2D eigenvalue weighted by Gasteiger charge is -2.00. The van der Waals surface area contributed by atoms with E-state index in [1.807, 2.05) is 0 Å². The molecule has 0 radical (unpaired) electrons. The maximum Gasteiger partial charge on any atom is 0.121 e. The third kappa shape index (κ3) is 3.96. The van der Waals surface area contributed by atoms with Crippen LogP contribution in [0, 0.1) is 13.0 Å². The summed E-state index contributed by atoms with van der Waals surface area (Å²) in [7, 11) is 3.35. The summed E-state index contributed by atoms with van der Waals surface area (Å²) in [5.41, 5.74) is 0.